The normalized spacial score (nSPS) is 11.8. The molecule has 0 saturated heterocycles. The van der Waals surface area contributed by atoms with Gasteiger partial charge in [0.2, 0.25) is 0 Å². The van der Waals surface area contributed by atoms with Crippen molar-refractivity contribution in [3.05, 3.63) is 54.5 Å². The van der Waals surface area contributed by atoms with Gasteiger partial charge in [0.05, 0.1) is 17.6 Å². The Hall–Kier alpha value is -3.22. The fourth-order valence-electron chi connectivity index (χ4n) is 2.24. The molecule has 1 atom stereocenters. The Morgan fingerprint density at radius 1 is 1.04 bits per heavy atom. The third-order valence-electron chi connectivity index (χ3n) is 3.47. The second kappa shape index (κ2) is 7.77. The zero-order valence-electron chi connectivity index (χ0n) is 14.3. The van der Waals surface area contributed by atoms with Crippen LogP contribution in [0, 0.1) is 5.95 Å². The van der Waals surface area contributed by atoms with Crippen molar-refractivity contribution >= 4 is 17.0 Å². The molecule has 134 valence electrons. The van der Waals surface area contributed by atoms with Gasteiger partial charge in [0, 0.05) is 0 Å². The minimum absolute atomic E-state index is 0.211. The minimum Gasteiger partial charge on any atom is -0.479 e. The molecule has 0 amide bonds. The van der Waals surface area contributed by atoms with Crippen molar-refractivity contribution in [1.29, 1.82) is 0 Å². The van der Waals surface area contributed by atoms with Crippen LogP contribution in [0.5, 0.6) is 17.4 Å². The van der Waals surface area contributed by atoms with E-state index in [1.165, 1.54) is 0 Å². The summed E-state index contributed by atoms with van der Waals surface area (Å²) in [4.78, 5) is 19.5. The number of aromatic nitrogens is 2. The fourth-order valence-corrected chi connectivity index (χ4v) is 2.24. The SMILES string of the molecule is CCOC(=O)C(C)Oc1ccc(Oc2nc3ccccc3nc2F)cc1. The summed E-state index contributed by atoms with van der Waals surface area (Å²) >= 11 is 0. The number of ether oxygens (including phenoxy) is 3. The average Bonchev–Trinajstić information content (AvgIpc) is 2.64. The number of carbonyl (C=O) groups excluding carboxylic acids is 1. The summed E-state index contributed by atoms with van der Waals surface area (Å²) < 4.78 is 29.9. The molecule has 1 aromatic heterocycles. The summed E-state index contributed by atoms with van der Waals surface area (Å²) in [6, 6.07) is 13.3. The van der Waals surface area contributed by atoms with Gasteiger partial charge in [-0.15, -0.1) is 0 Å². The predicted molar refractivity (Wildman–Crippen MR) is 92.7 cm³/mol. The molecule has 0 aliphatic carbocycles. The molecule has 1 heterocycles. The van der Waals surface area contributed by atoms with Gasteiger partial charge in [-0.3, -0.25) is 0 Å². The van der Waals surface area contributed by atoms with E-state index in [1.54, 1.807) is 62.4 Å². The van der Waals surface area contributed by atoms with Crippen molar-refractivity contribution < 1.29 is 23.4 Å². The first-order chi connectivity index (χ1) is 12.6. The van der Waals surface area contributed by atoms with Gasteiger partial charge < -0.3 is 14.2 Å². The number of fused-ring (bicyclic) bond motifs is 1. The lowest BCUT2D eigenvalue weighted by Crippen LogP contribution is -2.25. The highest BCUT2D eigenvalue weighted by Gasteiger charge is 2.16. The van der Waals surface area contributed by atoms with Crippen LogP contribution in [0.3, 0.4) is 0 Å². The van der Waals surface area contributed by atoms with Crippen molar-refractivity contribution in [2.24, 2.45) is 0 Å². The Morgan fingerprint density at radius 2 is 1.65 bits per heavy atom. The molecule has 0 aliphatic rings. The number of carbonyl (C=O) groups is 1. The van der Waals surface area contributed by atoms with Gasteiger partial charge in [-0.05, 0) is 50.2 Å². The van der Waals surface area contributed by atoms with E-state index < -0.39 is 18.0 Å². The second-order valence-corrected chi connectivity index (χ2v) is 5.39. The largest absolute Gasteiger partial charge is 0.479 e. The van der Waals surface area contributed by atoms with E-state index in [0.717, 1.165) is 0 Å². The third-order valence-corrected chi connectivity index (χ3v) is 3.47. The van der Waals surface area contributed by atoms with E-state index in [-0.39, 0.29) is 12.5 Å². The van der Waals surface area contributed by atoms with Gasteiger partial charge in [-0.25, -0.2) is 14.8 Å². The lowest BCUT2D eigenvalue weighted by molar-refractivity contribution is -0.150. The number of hydrogen-bond donors (Lipinski definition) is 0. The number of rotatable bonds is 6. The van der Waals surface area contributed by atoms with E-state index in [9.17, 15) is 9.18 Å². The molecule has 26 heavy (non-hydrogen) atoms. The highest BCUT2D eigenvalue weighted by Crippen LogP contribution is 2.26. The molecular weight excluding hydrogens is 339 g/mol. The van der Waals surface area contributed by atoms with Crippen LogP contribution in [0.15, 0.2) is 48.5 Å². The summed E-state index contributed by atoms with van der Waals surface area (Å²) in [7, 11) is 0. The van der Waals surface area contributed by atoms with Crippen LogP contribution in [0.25, 0.3) is 11.0 Å². The van der Waals surface area contributed by atoms with Crippen LogP contribution in [0.1, 0.15) is 13.8 Å². The smallest absolute Gasteiger partial charge is 0.347 e. The van der Waals surface area contributed by atoms with Gasteiger partial charge in [0.15, 0.2) is 6.10 Å². The lowest BCUT2D eigenvalue weighted by Gasteiger charge is -2.13. The van der Waals surface area contributed by atoms with Crippen LogP contribution in [0.2, 0.25) is 0 Å². The molecule has 1 unspecified atom stereocenters. The van der Waals surface area contributed by atoms with Crippen LogP contribution >= 0.6 is 0 Å². The summed E-state index contributed by atoms with van der Waals surface area (Å²) in [5.41, 5.74) is 0.987. The number of benzene rings is 2. The van der Waals surface area contributed by atoms with Crippen molar-refractivity contribution in [2.45, 2.75) is 20.0 Å². The predicted octanol–water partition coefficient (Wildman–Crippen LogP) is 3.89. The standard InChI is InChI=1S/C19H17FN2O4/c1-3-24-19(23)12(2)25-13-8-10-14(11-9-13)26-18-17(20)21-15-6-4-5-7-16(15)22-18/h4-12H,3H2,1-2H3. The van der Waals surface area contributed by atoms with Crippen molar-refractivity contribution in [2.75, 3.05) is 6.61 Å². The first kappa shape index (κ1) is 17.6. The van der Waals surface area contributed by atoms with E-state index in [4.69, 9.17) is 14.2 Å². The summed E-state index contributed by atoms with van der Waals surface area (Å²) in [6.45, 7) is 3.62. The van der Waals surface area contributed by atoms with Crippen LogP contribution in [-0.2, 0) is 9.53 Å². The molecule has 0 spiro atoms. The molecule has 0 bridgehead atoms. The average molecular weight is 356 g/mol. The van der Waals surface area contributed by atoms with E-state index in [2.05, 4.69) is 9.97 Å². The maximum atomic E-state index is 14.0. The van der Waals surface area contributed by atoms with Gasteiger partial charge in [0.1, 0.15) is 11.5 Å². The Kier molecular flexibility index (Phi) is 5.26. The molecule has 3 aromatic rings. The van der Waals surface area contributed by atoms with Crippen LogP contribution in [-0.4, -0.2) is 28.6 Å². The summed E-state index contributed by atoms with van der Waals surface area (Å²) in [5.74, 6) is -0.619. The maximum Gasteiger partial charge on any atom is 0.347 e. The van der Waals surface area contributed by atoms with Gasteiger partial charge in [-0.2, -0.15) is 4.39 Å². The summed E-state index contributed by atoms with van der Waals surface area (Å²) in [5, 5.41) is 0. The number of hydrogen-bond acceptors (Lipinski definition) is 6. The van der Waals surface area contributed by atoms with Gasteiger partial charge in [0.25, 0.3) is 11.8 Å². The summed E-state index contributed by atoms with van der Waals surface area (Å²) in [6.07, 6.45) is -0.731. The molecule has 0 saturated carbocycles. The minimum atomic E-state index is -0.792. The Morgan fingerprint density at radius 3 is 2.31 bits per heavy atom. The van der Waals surface area contributed by atoms with Crippen molar-refractivity contribution in [3.8, 4) is 17.4 Å². The fraction of sp³-hybridized carbons (Fsp3) is 0.211. The first-order valence-electron chi connectivity index (χ1n) is 8.10. The molecular formula is C19H17FN2O4. The van der Waals surface area contributed by atoms with Gasteiger partial charge in [-0.1, -0.05) is 12.1 Å². The van der Waals surface area contributed by atoms with Crippen molar-refractivity contribution in [1.82, 2.24) is 9.97 Å². The van der Waals surface area contributed by atoms with Gasteiger partial charge >= 0.3 is 5.97 Å². The van der Waals surface area contributed by atoms with E-state index in [1.807, 2.05) is 0 Å². The molecule has 0 aliphatic heterocycles. The number of nitrogens with zero attached hydrogens (tertiary/aromatic N) is 2. The monoisotopic (exact) mass is 356 g/mol. The number of esters is 1. The topological polar surface area (TPSA) is 70.5 Å². The molecule has 0 fully saturated rings. The van der Waals surface area contributed by atoms with Crippen molar-refractivity contribution in [3.63, 3.8) is 0 Å². The molecule has 0 N–H and O–H groups in total. The first-order valence-corrected chi connectivity index (χ1v) is 8.10. The quantitative estimate of drug-likeness (QED) is 0.624. The number of para-hydroxylation sites is 2. The zero-order chi connectivity index (χ0) is 18.5. The molecule has 0 radical (unpaired) electrons. The molecule has 2 aromatic carbocycles. The molecule has 7 heteroatoms. The molecule has 3 rings (SSSR count). The second-order valence-electron chi connectivity index (χ2n) is 5.39. The van der Waals surface area contributed by atoms with E-state index in [0.29, 0.717) is 22.5 Å². The zero-order valence-corrected chi connectivity index (χ0v) is 14.3. The third kappa shape index (κ3) is 4.05. The highest BCUT2D eigenvalue weighted by atomic mass is 19.1. The Labute approximate surface area is 149 Å². The maximum absolute atomic E-state index is 14.0. The van der Waals surface area contributed by atoms with Crippen LogP contribution < -0.4 is 9.47 Å². The number of halogens is 1. The highest BCUT2D eigenvalue weighted by molar-refractivity contribution is 5.75. The molecule has 6 nitrogen and oxygen atoms in total. The Bertz CT molecular complexity index is 915. The van der Waals surface area contributed by atoms with Crippen LogP contribution in [0.4, 0.5) is 4.39 Å². The lowest BCUT2D eigenvalue weighted by atomic mass is 10.3. The Balaban J connectivity index is 1.71. The van der Waals surface area contributed by atoms with E-state index >= 15 is 0 Å².